The highest BCUT2D eigenvalue weighted by Gasteiger charge is 2.55. The molecule has 1 N–H and O–H groups in total. The van der Waals surface area contributed by atoms with E-state index in [1.54, 1.807) is 45.0 Å². The molecule has 0 unspecified atom stereocenters. The zero-order valence-electron chi connectivity index (χ0n) is 20.7. The first-order chi connectivity index (χ1) is 17.0. The van der Waals surface area contributed by atoms with Gasteiger partial charge in [-0.15, -0.1) is 0 Å². The second-order valence-corrected chi connectivity index (χ2v) is 10.4. The van der Waals surface area contributed by atoms with Crippen LogP contribution in [-0.2, 0) is 20.9 Å². The lowest BCUT2D eigenvalue weighted by Gasteiger charge is -2.51. The van der Waals surface area contributed by atoms with Crippen molar-refractivity contribution in [2.24, 2.45) is 5.41 Å². The predicted molar refractivity (Wildman–Crippen MR) is 130 cm³/mol. The van der Waals surface area contributed by atoms with Crippen molar-refractivity contribution in [2.75, 3.05) is 0 Å². The number of hydrogen-bond donors (Lipinski definition) is 1. The molecule has 192 valence electrons. The maximum Gasteiger partial charge on any atom is 0.408 e. The Bertz CT molecular complexity index is 1130. The summed E-state index contributed by atoms with van der Waals surface area (Å²) >= 11 is 0. The first-order valence-electron chi connectivity index (χ1n) is 12.0. The number of ether oxygens (including phenoxy) is 3. The Labute approximate surface area is 209 Å². The van der Waals surface area contributed by atoms with Gasteiger partial charge in [-0.2, -0.15) is 8.78 Å². The molecule has 1 amide bonds. The Morgan fingerprint density at radius 3 is 2.25 bits per heavy atom. The van der Waals surface area contributed by atoms with E-state index < -0.39 is 29.3 Å². The van der Waals surface area contributed by atoms with Crippen molar-refractivity contribution in [3.8, 4) is 5.75 Å². The van der Waals surface area contributed by atoms with E-state index in [-0.39, 0.29) is 18.3 Å². The van der Waals surface area contributed by atoms with Gasteiger partial charge in [0.2, 0.25) is 0 Å². The fourth-order valence-electron chi connectivity index (χ4n) is 4.96. The number of benzene rings is 2. The average Bonchev–Trinajstić information content (AvgIpc) is 2.83. The average molecular weight is 500 g/mol. The largest absolute Gasteiger partial charge is 0.459 e. The number of alkyl halides is 2. The molecule has 8 heteroatoms. The summed E-state index contributed by atoms with van der Waals surface area (Å²) in [6.45, 7) is 2.48. The molecule has 0 saturated heterocycles. The molecule has 0 spiro atoms. The third-order valence-electron chi connectivity index (χ3n) is 6.68. The van der Waals surface area contributed by atoms with Crippen LogP contribution in [-0.4, -0.2) is 29.8 Å². The van der Waals surface area contributed by atoms with E-state index in [0.717, 1.165) is 5.56 Å². The van der Waals surface area contributed by atoms with Gasteiger partial charge in [0.15, 0.2) is 0 Å². The fraction of sp³-hybridized carbons (Fsp3) is 0.429. The van der Waals surface area contributed by atoms with Crippen LogP contribution in [0.2, 0.25) is 0 Å². The number of carbonyl (C=O) groups is 2. The number of nitrogens with one attached hydrogen (secondary N) is 1. The second-order valence-electron chi connectivity index (χ2n) is 10.4. The summed E-state index contributed by atoms with van der Waals surface area (Å²) in [5.74, 6) is -0.385. The van der Waals surface area contributed by atoms with Crippen molar-refractivity contribution in [3.05, 3.63) is 71.8 Å². The molecule has 5 rings (SSSR count). The van der Waals surface area contributed by atoms with E-state index in [9.17, 15) is 18.4 Å². The molecular weight excluding hydrogens is 468 g/mol. The van der Waals surface area contributed by atoms with Crippen molar-refractivity contribution in [2.45, 2.75) is 70.8 Å². The SMILES string of the molecule is CC(C)(C)OC(=O)C12C=C(c3ccccc3OC(F)F)C(NC(=O)OCc3ccccc3)(CC1)CC2. The van der Waals surface area contributed by atoms with Crippen LogP contribution in [0, 0.1) is 5.41 Å². The number of amides is 1. The lowest BCUT2D eigenvalue weighted by atomic mass is 9.57. The third kappa shape index (κ3) is 5.53. The number of esters is 1. The van der Waals surface area contributed by atoms with Crippen LogP contribution in [0.4, 0.5) is 13.6 Å². The number of carbonyl (C=O) groups excluding carboxylic acids is 2. The fourth-order valence-corrected chi connectivity index (χ4v) is 4.96. The van der Waals surface area contributed by atoms with Gasteiger partial charge in [-0.3, -0.25) is 4.79 Å². The van der Waals surface area contributed by atoms with Crippen LogP contribution >= 0.6 is 0 Å². The standard InChI is InChI=1S/C28H31F2NO5/c1-26(2,3)36-23(32)27-13-15-28(16-14-27,31-25(33)34-18-19-9-5-4-6-10-19)21(17-27)20-11-7-8-12-22(20)35-24(29)30/h4-12,17,24H,13-16,18H2,1-3H3,(H,31,33). The molecule has 0 aromatic heterocycles. The molecule has 1 saturated carbocycles. The van der Waals surface area contributed by atoms with E-state index in [2.05, 4.69) is 5.32 Å². The molecule has 36 heavy (non-hydrogen) atoms. The van der Waals surface area contributed by atoms with Gasteiger partial charge in [0.05, 0.1) is 11.0 Å². The van der Waals surface area contributed by atoms with Crippen LogP contribution < -0.4 is 10.1 Å². The van der Waals surface area contributed by atoms with Gasteiger partial charge in [0.25, 0.3) is 0 Å². The van der Waals surface area contributed by atoms with Crippen molar-refractivity contribution in [1.82, 2.24) is 5.32 Å². The lowest BCUT2D eigenvalue weighted by molar-refractivity contribution is -0.167. The van der Waals surface area contributed by atoms with Crippen LogP contribution in [0.5, 0.6) is 5.75 Å². The number of halogens is 2. The quantitative estimate of drug-likeness (QED) is 0.456. The molecular formula is C28H31F2NO5. The zero-order valence-corrected chi connectivity index (χ0v) is 20.7. The maximum absolute atomic E-state index is 13.3. The number of alkyl carbamates (subject to hydrolysis) is 1. The van der Waals surface area contributed by atoms with E-state index in [4.69, 9.17) is 14.2 Å². The summed E-state index contributed by atoms with van der Waals surface area (Å²) in [7, 11) is 0. The number of fused-ring (bicyclic) bond motifs is 2. The molecule has 6 nitrogen and oxygen atoms in total. The molecule has 1 fully saturated rings. The van der Waals surface area contributed by atoms with Gasteiger partial charge < -0.3 is 19.5 Å². The lowest BCUT2D eigenvalue weighted by Crippen LogP contribution is -2.58. The minimum Gasteiger partial charge on any atom is -0.459 e. The summed E-state index contributed by atoms with van der Waals surface area (Å²) in [6.07, 6.45) is 2.89. The first-order valence-corrected chi connectivity index (χ1v) is 12.0. The first kappa shape index (κ1) is 25.7. The second kappa shape index (κ2) is 9.91. The molecule has 3 aliphatic carbocycles. The normalized spacial score (nSPS) is 23.1. The number of hydrogen-bond acceptors (Lipinski definition) is 5. The third-order valence-corrected chi connectivity index (χ3v) is 6.68. The Morgan fingerprint density at radius 1 is 0.972 bits per heavy atom. The van der Waals surface area contributed by atoms with Gasteiger partial charge in [-0.05, 0) is 63.7 Å². The van der Waals surface area contributed by atoms with Crippen molar-refractivity contribution < 1.29 is 32.6 Å². The van der Waals surface area contributed by atoms with Crippen LogP contribution in [0.1, 0.15) is 57.6 Å². The molecule has 3 aliphatic rings. The Hall–Kier alpha value is -3.42. The van der Waals surface area contributed by atoms with E-state index in [0.29, 0.717) is 36.8 Å². The van der Waals surface area contributed by atoms with Gasteiger partial charge >= 0.3 is 18.7 Å². The molecule has 0 aliphatic heterocycles. The zero-order chi connectivity index (χ0) is 26.0. The number of para-hydroxylation sites is 1. The van der Waals surface area contributed by atoms with Crippen LogP contribution in [0.3, 0.4) is 0 Å². The van der Waals surface area contributed by atoms with E-state index in [1.165, 1.54) is 6.07 Å². The topological polar surface area (TPSA) is 73.9 Å². The minimum atomic E-state index is -3.02. The predicted octanol–water partition coefficient (Wildman–Crippen LogP) is 6.25. The van der Waals surface area contributed by atoms with Gasteiger partial charge in [-0.1, -0.05) is 54.6 Å². The highest BCUT2D eigenvalue weighted by molar-refractivity contribution is 5.90. The van der Waals surface area contributed by atoms with E-state index >= 15 is 0 Å². The smallest absolute Gasteiger partial charge is 0.408 e. The number of rotatable bonds is 7. The van der Waals surface area contributed by atoms with Gasteiger partial charge in [-0.25, -0.2) is 4.79 Å². The Morgan fingerprint density at radius 2 is 1.61 bits per heavy atom. The summed E-state index contributed by atoms with van der Waals surface area (Å²) in [5, 5.41) is 3.00. The van der Waals surface area contributed by atoms with Gasteiger partial charge in [0.1, 0.15) is 18.0 Å². The van der Waals surface area contributed by atoms with Gasteiger partial charge in [0, 0.05) is 5.56 Å². The van der Waals surface area contributed by atoms with Crippen LogP contribution in [0.15, 0.2) is 60.7 Å². The molecule has 2 aromatic rings. The van der Waals surface area contributed by atoms with Crippen molar-refractivity contribution >= 4 is 17.6 Å². The summed E-state index contributed by atoms with van der Waals surface area (Å²) in [4.78, 5) is 26.2. The molecule has 2 aromatic carbocycles. The Balaban J connectivity index is 1.68. The van der Waals surface area contributed by atoms with Crippen molar-refractivity contribution in [1.29, 1.82) is 0 Å². The molecule has 2 bridgehead atoms. The summed E-state index contributed by atoms with van der Waals surface area (Å²) in [6, 6.07) is 15.7. The Kier molecular flexibility index (Phi) is 7.07. The minimum absolute atomic E-state index is 0.0236. The molecule has 0 heterocycles. The van der Waals surface area contributed by atoms with E-state index in [1.807, 2.05) is 30.3 Å². The highest BCUT2D eigenvalue weighted by Crippen LogP contribution is 2.56. The summed E-state index contributed by atoms with van der Waals surface area (Å²) < 4.78 is 42.4. The van der Waals surface area contributed by atoms with Crippen LogP contribution in [0.25, 0.3) is 5.57 Å². The maximum atomic E-state index is 13.3. The molecule has 0 radical (unpaired) electrons. The summed E-state index contributed by atoms with van der Waals surface area (Å²) in [5.41, 5.74) is -0.709. The monoisotopic (exact) mass is 499 g/mol. The highest BCUT2D eigenvalue weighted by atomic mass is 19.3. The van der Waals surface area contributed by atoms with Crippen molar-refractivity contribution in [3.63, 3.8) is 0 Å². The molecule has 0 atom stereocenters.